The van der Waals surface area contributed by atoms with Crippen molar-refractivity contribution in [2.24, 2.45) is 0 Å². The average Bonchev–Trinajstić information content (AvgIpc) is 2.86. The van der Waals surface area contributed by atoms with Gasteiger partial charge in [-0.25, -0.2) is 8.42 Å². The maximum atomic E-state index is 14.1. The number of carbonyl (C=O) groups excluding carboxylic acids is 2. The molecule has 11 heteroatoms. The zero-order chi connectivity index (χ0) is 29.6. The van der Waals surface area contributed by atoms with Crippen molar-refractivity contribution < 1.29 is 18.0 Å². The first-order valence-corrected chi connectivity index (χ1v) is 15.6. The van der Waals surface area contributed by atoms with Gasteiger partial charge in [-0.1, -0.05) is 71.2 Å². The van der Waals surface area contributed by atoms with E-state index in [2.05, 4.69) is 5.32 Å². The van der Waals surface area contributed by atoms with E-state index < -0.39 is 28.5 Å². The highest BCUT2D eigenvalue weighted by Crippen LogP contribution is 2.29. The van der Waals surface area contributed by atoms with Crippen LogP contribution in [0.4, 0.5) is 5.69 Å². The SMILES string of the molecule is Cc1cc(Cl)ccc1N(CC(=O)N(Cc1c(Cl)cccc1Cl)[C@H](Cc1ccccc1)C(=O)NC(C)C)S(C)(=O)=O. The van der Waals surface area contributed by atoms with Gasteiger partial charge < -0.3 is 10.2 Å². The molecule has 1 atom stereocenters. The summed E-state index contributed by atoms with van der Waals surface area (Å²) in [4.78, 5) is 29.1. The predicted octanol–water partition coefficient (Wildman–Crippen LogP) is 5.89. The summed E-state index contributed by atoms with van der Waals surface area (Å²) < 4.78 is 26.9. The number of amides is 2. The normalized spacial score (nSPS) is 12.2. The van der Waals surface area contributed by atoms with Crippen LogP contribution in [0.25, 0.3) is 0 Å². The Labute approximate surface area is 251 Å². The Kier molecular flexibility index (Phi) is 10.9. The fourth-order valence-corrected chi connectivity index (χ4v) is 5.93. The number of halogens is 3. The van der Waals surface area contributed by atoms with Gasteiger partial charge in [0, 0.05) is 39.6 Å². The van der Waals surface area contributed by atoms with Crippen LogP contribution in [0.5, 0.6) is 0 Å². The van der Waals surface area contributed by atoms with E-state index in [1.165, 1.54) is 4.90 Å². The topological polar surface area (TPSA) is 86.8 Å². The lowest BCUT2D eigenvalue weighted by atomic mass is 10.0. The van der Waals surface area contributed by atoms with Crippen LogP contribution in [0, 0.1) is 6.92 Å². The summed E-state index contributed by atoms with van der Waals surface area (Å²) in [5, 5.41) is 3.98. The Balaban J connectivity index is 2.12. The minimum absolute atomic E-state index is 0.114. The molecule has 0 aliphatic rings. The molecule has 0 spiro atoms. The molecule has 214 valence electrons. The highest BCUT2D eigenvalue weighted by Gasteiger charge is 2.34. The minimum atomic E-state index is -3.90. The van der Waals surface area contributed by atoms with Crippen LogP contribution in [-0.4, -0.2) is 50.0 Å². The smallest absolute Gasteiger partial charge is 0.244 e. The first-order chi connectivity index (χ1) is 18.8. The third-order valence-corrected chi connectivity index (χ3v) is 8.27. The zero-order valence-corrected chi connectivity index (χ0v) is 25.8. The van der Waals surface area contributed by atoms with E-state index in [-0.39, 0.29) is 24.9 Å². The summed E-state index contributed by atoms with van der Waals surface area (Å²) in [7, 11) is -3.90. The molecule has 0 radical (unpaired) electrons. The lowest BCUT2D eigenvalue weighted by molar-refractivity contribution is -0.140. The second kappa shape index (κ2) is 13.7. The van der Waals surface area contributed by atoms with Gasteiger partial charge in [-0.2, -0.15) is 0 Å². The molecule has 3 aromatic carbocycles. The largest absolute Gasteiger partial charge is 0.352 e. The number of anilines is 1. The van der Waals surface area contributed by atoms with Crippen LogP contribution in [-0.2, 0) is 32.6 Å². The first kappa shape index (κ1) is 31.7. The molecule has 0 aromatic heterocycles. The average molecular weight is 625 g/mol. The Morgan fingerprint density at radius 3 is 2.10 bits per heavy atom. The van der Waals surface area contributed by atoms with E-state index >= 15 is 0 Å². The number of aryl methyl sites for hydroxylation is 1. The summed E-state index contributed by atoms with van der Waals surface area (Å²) in [5.41, 5.74) is 2.15. The van der Waals surface area contributed by atoms with E-state index in [1.54, 1.807) is 43.3 Å². The number of nitrogens with one attached hydrogen (secondary N) is 1. The van der Waals surface area contributed by atoms with Gasteiger partial charge in [0.25, 0.3) is 0 Å². The van der Waals surface area contributed by atoms with Crippen molar-refractivity contribution in [3.05, 3.63) is 98.5 Å². The quantitative estimate of drug-likeness (QED) is 0.289. The number of hydrogen-bond acceptors (Lipinski definition) is 4. The van der Waals surface area contributed by atoms with Gasteiger partial charge in [-0.05, 0) is 62.2 Å². The van der Waals surface area contributed by atoms with Crippen molar-refractivity contribution in [3.63, 3.8) is 0 Å². The number of nitrogens with zero attached hydrogens (tertiary/aromatic N) is 2. The van der Waals surface area contributed by atoms with Crippen LogP contribution in [0.2, 0.25) is 15.1 Å². The number of sulfonamides is 1. The number of benzene rings is 3. The van der Waals surface area contributed by atoms with Gasteiger partial charge in [-0.15, -0.1) is 0 Å². The van der Waals surface area contributed by atoms with Crippen molar-refractivity contribution in [2.75, 3.05) is 17.1 Å². The van der Waals surface area contributed by atoms with Gasteiger partial charge in [-0.3, -0.25) is 13.9 Å². The van der Waals surface area contributed by atoms with Crippen LogP contribution in [0.1, 0.15) is 30.5 Å². The molecule has 1 N–H and O–H groups in total. The molecule has 3 aromatic rings. The third-order valence-electron chi connectivity index (χ3n) is 6.20. The van der Waals surface area contributed by atoms with Crippen LogP contribution < -0.4 is 9.62 Å². The summed E-state index contributed by atoms with van der Waals surface area (Å²) in [5.74, 6) is -0.987. The third kappa shape index (κ3) is 8.36. The molecule has 0 aliphatic heterocycles. The van der Waals surface area contributed by atoms with Gasteiger partial charge in [0.15, 0.2) is 0 Å². The van der Waals surface area contributed by atoms with Crippen molar-refractivity contribution >= 4 is 62.3 Å². The zero-order valence-electron chi connectivity index (χ0n) is 22.7. The number of carbonyl (C=O) groups is 2. The van der Waals surface area contributed by atoms with Crippen LogP contribution in [0.15, 0.2) is 66.7 Å². The van der Waals surface area contributed by atoms with Crippen LogP contribution >= 0.6 is 34.8 Å². The van der Waals surface area contributed by atoms with Gasteiger partial charge in [0.1, 0.15) is 12.6 Å². The van der Waals surface area contributed by atoms with Crippen molar-refractivity contribution in [2.45, 2.75) is 45.8 Å². The second-order valence-corrected chi connectivity index (χ2v) is 12.9. The molecule has 0 bridgehead atoms. The highest BCUT2D eigenvalue weighted by molar-refractivity contribution is 7.92. The highest BCUT2D eigenvalue weighted by atomic mass is 35.5. The fourth-order valence-electron chi connectivity index (χ4n) is 4.28. The maximum Gasteiger partial charge on any atom is 0.244 e. The molecule has 0 saturated carbocycles. The number of rotatable bonds is 11. The molecular weight excluding hydrogens is 593 g/mol. The summed E-state index contributed by atoms with van der Waals surface area (Å²) in [6, 6.07) is 17.8. The molecule has 0 fully saturated rings. The fraction of sp³-hybridized carbons (Fsp3) is 0.310. The molecule has 0 heterocycles. The van der Waals surface area contributed by atoms with E-state index in [0.29, 0.717) is 31.9 Å². The molecule has 7 nitrogen and oxygen atoms in total. The standard InChI is InChI=1S/C29H32Cl3N3O4S/c1-19(2)33-29(37)27(16-21-9-6-5-7-10-21)34(17-23-24(31)11-8-12-25(23)32)28(36)18-35(40(4,38)39)26-14-13-22(30)15-20(26)3/h5-15,19,27H,16-18H2,1-4H3,(H,33,37)/t27-/m1/s1. The van der Waals surface area contributed by atoms with E-state index in [4.69, 9.17) is 34.8 Å². The molecule has 40 heavy (non-hydrogen) atoms. The first-order valence-electron chi connectivity index (χ1n) is 12.6. The lowest BCUT2D eigenvalue weighted by Gasteiger charge is -2.34. The molecule has 0 unspecified atom stereocenters. The lowest BCUT2D eigenvalue weighted by Crippen LogP contribution is -2.54. The van der Waals surface area contributed by atoms with E-state index in [0.717, 1.165) is 16.1 Å². The Morgan fingerprint density at radius 2 is 1.55 bits per heavy atom. The van der Waals surface area contributed by atoms with Crippen LogP contribution in [0.3, 0.4) is 0 Å². The molecular formula is C29H32Cl3N3O4S. The monoisotopic (exact) mass is 623 g/mol. The Morgan fingerprint density at radius 1 is 0.925 bits per heavy atom. The summed E-state index contributed by atoms with van der Waals surface area (Å²) in [6.07, 6.45) is 1.21. The minimum Gasteiger partial charge on any atom is -0.352 e. The van der Waals surface area contributed by atoms with Gasteiger partial charge in [0.05, 0.1) is 11.9 Å². The van der Waals surface area contributed by atoms with Gasteiger partial charge in [0.2, 0.25) is 21.8 Å². The van der Waals surface area contributed by atoms with Crippen molar-refractivity contribution in [1.29, 1.82) is 0 Å². The Hall–Kier alpha value is -2.78. The molecule has 3 rings (SSSR count). The molecule has 0 aliphatic carbocycles. The summed E-state index contributed by atoms with van der Waals surface area (Å²) >= 11 is 19.0. The van der Waals surface area contributed by atoms with E-state index in [1.807, 2.05) is 44.2 Å². The predicted molar refractivity (Wildman–Crippen MR) is 163 cm³/mol. The molecule has 0 saturated heterocycles. The Bertz CT molecular complexity index is 1450. The molecule has 2 amide bonds. The summed E-state index contributed by atoms with van der Waals surface area (Å²) in [6.45, 7) is 4.69. The number of hydrogen-bond donors (Lipinski definition) is 1. The van der Waals surface area contributed by atoms with Crippen molar-refractivity contribution in [1.82, 2.24) is 10.2 Å². The van der Waals surface area contributed by atoms with Crippen molar-refractivity contribution in [3.8, 4) is 0 Å². The maximum absolute atomic E-state index is 14.1. The van der Waals surface area contributed by atoms with Gasteiger partial charge >= 0.3 is 0 Å². The second-order valence-electron chi connectivity index (χ2n) is 9.79. The van der Waals surface area contributed by atoms with E-state index in [9.17, 15) is 18.0 Å².